The number of nitrogens with one attached hydrogen (secondary N) is 1. The molecule has 1 N–H and O–H groups in total. The van der Waals surface area contributed by atoms with Gasteiger partial charge >= 0.3 is 0 Å². The smallest absolute Gasteiger partial charge is 0.0923 e. The molecule has 0 aliphatic heterocycles. The average Bonchev–Trinajstić information content (AvgIpc) is 2.71. The van der Waals surface area contributed by atoms with Crippen molar-refractivity contribution < 1.29 is 0 Å². The van der Waals surface area contributed by atoms with Gasteiger partial charge in [-0.1, -0.05) is 0 Å². The molecule has 0 fully saturated rings. The van der Waals surface area contributed by atoms with Crippen molar-refractivity contribution in [2.75, 3.05) is 0 Å². The molecule has 76 valence electrons. The van der Waals surface area contributed by atoms with Crippen LogP contribution in [0.25, 0.3) is 0 Å². The molecule has 0 saturated heterocycles. The fourth-order valence-electron chi connectivity index (χ4n) is 1.28. The van der Waals surface area contributed by atoms with E-state index in [9.17, 15) is 0 Å². The minimum Gasteiger partial charge on any atom is -0.351 e. The van der Waals surface area contributed by atoms with E-state index in [0.29, 0.717) is 0 Å². The minimum atomic E-state index is 0. The summed E-state index contributed by atoms with van der Waals surface area (Å²) in [5.41, 5.74) is 3.91. The summed E-state index contributed by atoms with van der Waals surface area (Å²) in [4.78, 5) is 8.60. The topological polar surface area (TPSA) is 28.7 Å². The summed E-state index contributed by atoms with van der Waals surface area (Å²) in [7, 11) is 0. The number of hydrogen-bond donors (Lipinski definition) is 1. The Bertz CT molecular complexity index is 392. The van der Waals surface area contributed by atoms with Crippen molar-refractivity contribution in [1.82, 2.24) is 9.97 Å². The van der Waals surface area contributed by atoms with Crippen LogP contribution in [0.3, 0.4) is 0 Å². The second kappa shape index (κ2) is 4.62. The highest BCUT2D eigenvalue weighted by Gasteiger charge is 2.05. The molecule has 2 nitrogen and oxygen atoms in total. The van der Waals surface area contributed by atoms with Gasteiger partial charge in [0.05, 0.1) is 12.0 Å². The molecule has 0 aliphatic carbocycles. The van der Waals surface area contributed by atoms with E-state index in [-0.39, 0.29) is 12.4 Å². The first kappa shape index (κ1) is 11.3. The van der Waals surface area contributed by atoms with Crippen molar-refractivity contribution in [1.29, 1.82) is 0 Å². The summed E-state index contributed by atoms with van der Waals surface area (Å²) >= 11 is 1.82. The van der Waals surface area contributed by atoms with Crippen LogP contribution in [-0.4, -0.2) is 9.97 Å². The van der Waals surface area contributed by atoms with Gasteiger partial charge in [0.1, 0.15) is 0 Å². The van der Waals surface area contributed by atoms with Gasteiger partial charge in [0.25, 0.3) is 0 Å². The molecule has 2 rings (SSSR count). The van der Waals surface area contributed by atoms with Gasteiger partial charge in [0.15, 0.2) is 0 Å². The number of aromatic amines is 1. The summed E-state index contributed by atoms with van der Waals surface area (Å²) in [6.07, 6.45) is 4.63. The summed E-state index contributed by atoms with van der Waals surface area (Å²) in [5, 5.41) is 2.21. The van der Waals surface area contributed by atoms with Crippen LogP contribution in [0.1, 0.15) is 21.7 Å². The van der Waals surface area contributed by atoms with E-state index in [0.717, 1.165) is 12.1 Å². The number of halogens is 1. The van der Waals surface area contributed by atoms with Gasteiger partial charge in [-0.25, -0.2) is 4.98 Å². The lowest BCUT2D eigenvalue weighted by Gasteiger charge is -1.96. The number of rotatable bonds is 2. The molecule has 2 aromatic rings. The lowest BCUT2D eigenvalue weighted by molar-refractivity contribution is 1.11. The maximum absolute atomic E-state index is 4.21. The Morgan fingerprint density at radius 3 is 2.71 bits per heavy atom. The van der Waals surface area contributed by atoms with Gasteiger partial charge in [-0.3, -0.25) is 0 Å². The van der Waals surface area contributed by atoms with Gasteiger partial charge in [-0.05, 0) is 30.4 Å². The molecule has 0 saturated carbocycles. The zero-order valence-electron chi connectivity index (χ0n) is 8.20. The molecular weight excluding hydrogens is 216 g/mol. The summed E-state index contributed by atoms with van der Waals surface area (Å²) in [6.45, 7) is 4.33. The van der Waals surface area contributed by atoms with Crippen LogP contribution in [0.4, 0.5) is 0 Å². The molecule has 0 atom stereocenters. The molecule has 4 heteroatoms. The summed E-state index contributed by atoms with van der Waals surface area (Å²) in [6, 6.07) is 0. The monoisotopic (exact) mass is 228 g/mol. The zero-order valence-corrected chi connectivity index (χ0v) is 9.84. The molecule has 2 aromatic heterocycles. The third kappa shape index (κ3) is 2.16. The maximum atomic E-state index is 4.21. The normalized spacial score (nSPS) is 9.86. The number of hydrogen-bond acceptors (Lipinski definition) is 2. The van der Waals surface area contributed by atoms with Crippen molar-refractivity contribution in [3.8, 4) is 0 Å². The van der Waals surface area contributed by atoms with Gasteiger partial charge in [0, 0.05) is 17.5 Å². The molecule has 0 bridgehead atoms. The Labute approximate surface area is 93.8 Å². The SMILES string of the molecule is Cc1csc(Cc2c[nH]cn2)c1C.Cl. The zero-order chi connectivity index (χ0) is 9.26. The Morgan fingerprint density at radius 2 is 2.21 bits per heavy atom. The first-order valence-electron chi connectivity index (χ1n) is 4.28. The van der Waals surface area contributed by atoms with Crippen LogP contribution in [0.15, 0.2) is 17.9 Å². The standard InChI is InChI=1S/C10H12N2S.ClH/c1-7-5-13-10(8(7)2)3-9-4-11-6-12-9;/h4-6H,3H2,1-2H3,(H,11,12);1H. The Balaban J connectivity index is 0.000000980. The molecule has 2 heterocycles. The fraction of sp³-hybridized carbons (Fsp3) is 0.300. The minimum absolute atomic E-state index is 0. The van der Waals surface area contributed by atoms with Gasteiger partial charge in [-0.15, -0.1) is 23.7 Å². The first-order chi connectivity index (χ1) is 6.27. The fourth-order valence-corrected chi connectivity index (χ4v) is 2.35. The predicted octanol–water partition coefficient (Wildman–Crippen LogP) is 3.10. The first-order valence-corrected chi connectivity index (χ1v) is 5.16. The van der Waals surface area contributed by atoms with Crippen molar-refractivity contribution in [2.24, 2.45) is 0 Å². The van der Waals surface area contributed by atoms with Gasteiger partial charge in [-0.2, -0.15) is 0 Å². The molecule has 14 heavy (non-hydrogen) atoms. The highest BCUT2D eigenvalue weighted by atomic mass is 35.5. The van der Waals surface area contributed by atoms with Gasteiger partial charge in [0.2, 0.25) is 0 Å². The van der Waals surface area contributed by atoms with Crippen LogP contribution >= 0.6 is 23.7 Å². The van der Waals surface area contributed by atoms with E-state index in [2.05, 4.69) is 29.2 Å². The Hall–Kier alpha value is -0.800. The number of thiophene rings is 1. The van der Waals surface area contributed by atoms with Crippen LogP contribution in [0, 0.1) is 13.8 Å². The maximum Gasteiger partial charge on any atom is 0.0923 e. The summed E-state index contributed by atoms with van der Waals surface area (Å²) in [5.74, 6) is 0. The van der Waals surface area contributed by atoms with Crippen LogP contribution in [0.5, 0.6) is 0 Å². The molecule has 0 aromatic carbocycles. The van der Waals surface area contributed by atoms with Gasteiger partial charge < -0.3 is 4.98 Å². The number of H-pyrrole nitrogens is 1. The van der Waals surface area contributed by atoms with Crippen molar-refractivity contribution in [3.05, 3.63) is 39.6 Å². The lowest BCUT2D eigenvalue weighted by atomic mass is 10.1. The molecular formula is C10H13ClN2S. The molecule has 0 radical (unpaired) electrons. The van der Waals surface area contributed by atoms with E-state index in [1.54, 1.807) is 6.33 Å². The van der Waals surface area contributed by atoms with Crippen LogP contribution in [0.2, 0.25) is 0 Å². The molecule has 0 spiro atoms. The van der Waals surface area contributed by atoms with E-state index in [4.69, 9.17) is 0 Å². The number of aryl methyl sites for hydroxylation is 1. The van der Waals surface area contributed by atoms with E-state index < -0.39 is 0 Å². The predicted molar refractivity (Wildman–Crippen MR) is 62.4 cm³/mol. The molecule has 0 unspecified atom stereocenters. The Morgan fingerprint density at radius 1 is 1.43 bits per heavy atom. The van der Waals surface area contributed by atoms with Crippen molar-refractivity contribution >= 4 is 23.7 Å². The Kier molecular flexibility index (Phi) is 3.72. The highest BCUT2D eigenvalue weighted by molar-refractivity contribution is 7.10. The largest absolute Gasteiger partial charge is 0.351 e. The summed E-state index contributed by atoms with van der Waals surface area (Å²) < 4.78 is 0. The highest BCUT2D eigenvalue weighted by Crippen LogP contribution is 2.22. The second-order valence-corrected chi connectivity index (χ2v) is 4.17. The quantitative estimate of drug-likeness (QED) is 0.841. The molecule has 0 amide bonds. The van der Waals surface area contributed by atoms with E-state index in [1.807, 2.05) is 17.5 Å². The number of nitrogens with zero attached hydrogens (tertiary/aromatic N) is 1. The van der Waals surface area contributed by atoms with Crippen LogP contribution < -0.4 is 0 Å². The lowest BCUT2D eigenvalue weighted by Crippen LogP contribution is -1.87. The number of aromatic nitrogens is 2. The molecule has 0 aliphatic rings. The third-order valence-electron chi connectivity index (χ3n) is 2.28. The number of imidazole rings is 1. The second-order valence-electron chi connectivity index (χ2n) is 3.20. The van der Waals surface area contributed by atoms with Crippen molar-refractivity contribution in [3.63, 3.8) is 0 Å². The average molecular weight is 229 g/mol. The van der Waals surface area contributed by atoms with E-state index in [1.165, 1.54) is 16.0 Å². The third-order valence-corrected chi connectivity index (χ3v) is 3.49. The van der Waals surface area contributed by atoms with Crippen LogP contribution in [-0.2, 0) is 6.42 Å². The van der Waals surface area contributed by atoms with Crippen molar-refractivity contribution in [2.45, 2.75) is 20.3 Å². The van der Waals surface area contributed by atoms with E-state index >= 15 is 0 Å².